The van der Waals surface area contributed by atoms with Crippen LogP contribution in [0.4, 0.5) is 74.6 Å². The van der Waals surface area contributed by atoms with E-state index >= 15 is 61.5 Å². The maximum absolute atomic E-state index is 16.0. The summed E-state index contributed by atoms with van der Waals surface area (Å²) >= 11 is 0. The predicted molar refractivity (Wildman–Crippen MR) is 140 cm³/mol. The van der Waals surface area contributed by atoms with Gasteiger partial charge in [0.2, 0.25) is 0 Å². The molecule has 0 aliphatic rings. The van der Waals surface area contributed by atoms with Crippen molar-refractivity contribution in [3.05, 3.63) is 135 Å². The van der Waals surface area contributed by atoms with Gasteiger partial charge in [0.05, 0.1) is 16.7 Å². The van der Waals surface area contributed by atoms with Gasteiger partial charge in [-0.25, -0.2) is 74.6 Å². The third-order valence-electron chi connectivity index (χ3n) is 7.58. The Balaban J connectivity index is 0.00000650. The molecule has 49 heavy (non-hydrogen) atoms. The Labute approximate surface area is 285 Å². The summed E-state index contributed by atoms with van der Waals surface area (Å²) in [4.78, 5) is 0. The van der Waals surface area contributed by atoms with Crippen LogP contribution in [0.5, 0.6) is 0 Å². The molecule has 0 unspecified atom stereocenters. The molecule has 4 aromatic carbocycles. The Hall–Kier alpha value is -4.03. The number of halogens is 17. The molecule has 0 aliphatic heterocycles. The Morgan fingerprint density at radius 1 is 0.265 bits per heavy atom. The van der Waals surface area contributed by atoms with E-state index in [9.17, 15) is 13.2 Å². The van der Waals surface area contributed by atoms with Crippen molar-refractivity contribution in [2.45, 2.75) is 0 Å². The molecule has 252 valence electrons. The van der Waals surface area contributed by atoms with Gasteiger partial charge < -0.3 is 0 Å². The third kappa shape index (κ3) is 5.21. The molecule has 4 rings (SSSR count). The molecule has 0 bridgehead atoms. The van der Waals surface area contributed by atoms with E-state index < -0.39 is 144 Å². The van der Waals surface area contributed by atoms with Gasteiger partial charge in [0.1, 0.15) is 52.7 Å². The molecule has 0 aliphatic carbocycles. The first-order valence-corrected chi connectivity index (χ1v) is 12.5. The summed E-state index contributed by atoms with van der Waals surface area (Å²) in [5.41, 5.74) is -18.5. The Bertz CT molecular complexity index is 1830. The summed E-state index contributed by atoms with van der Waals surface area (Å²) in [6.07, 6.45) is -6.90. The fourth-order valence-corrected chi connectivity index (χ4v) is 5.54. The topological polar surface area (TPSA) is 0 Å². The second-order valence-corrected chi connectivity index (χ2v) is 9.71. The van der Waals surface area contributed by atoms with Crippen molar-refractivity contribution >= 4 is 46.2 Å². The van der Waals surface area contributed by atoms with Crippen LogP contribution in [0.2, 0.25) is 0 Å². The molecule has 0 atom stereocenters. The maximum Gasteiger partial charge on any atom is 1.00 e. The van der Waals surface area contributed by atoms with E-state index in [0.717, 1.165) is 0 Å². The van der Waals surface area contributed by atoms with Crippen molar-refractivity contribution in [3.8, 4) is 0 Å². The van der Waals surface area contributed by atoms with Crippen molar-refractivity contribution < 1.29 is 104 Å². The zero-order valence-corrected chi connectivity index (χ0v) is 25.9. The molecule has 0 N–H and O–H groups in total. The first-order chi connectivity index (χ1) is 22.3. The first kappa shape index (κ1) is 39.4. The van der Waals surface area contributed by atoms with Crippen LogP contribution in [0.15, 0.2) is 19.7 Å². The number of hydrogen-bond donors (Lipinski definition) is 0. The van der Waals surface area contributed by atoms with Gasteiger partial charge in [-0.15, -0.1) is 21.9 Å². The molecule has 0 saturated heterocycles. The molecular formula is C30H9BF17Na. The molecule has 19 heteroatoms. The van der Waals surface area contributed by atoms with Gasteiger partial charge in [-0.3, -0.25) is 0 Å². The molecule has 0 heterocycles. The van der Waals surface area contributed by atoms with Crippen LogP contribution in [0.1, 0.15) is 16.7 Å². The van der Waals surface area contributed by atoms with Gasteiger partial charge in [0.25, 0.3) is 0 Å². The number of benzene rings is 4. The van der Waals surface area contributed by atoms with Crippen molar-refractivity contribution in [2.75, 3.05) is 0 Å². The van der Waals surface area contributed by atoms with Gasteiger partial charge >= 0.3 is 29.6 Å². The molecule has 0 radical (unpaired) electrons. The standard InChI is InChI=1S/C30H9BF17.Na/c1-4-7-14(32)20(38)10(21(39)15(7)33)31(13-26(44)28(46)30(48)29(47)27(13)45,11-22(40)16(34)8(5-2)17(35)23(11)41)12-24(42)18(36)9(6-3)19(37)25(12)43;/h4-6H,1-3H2;/q-1;+1. The Morgan fingerprint density at radius 3 is 0.571 bits per heavy atom. The zero-order valence-electron chi connectivity index (χ0n) is 23.9. The van der Waals surface area contributed by atoms with E-state index in [-0.39, 0.29) is 47.8 Å². The quantitative estimate of drug-likeness (QED) is 0.115. The van der Waals surface area contributed by atoms with E-state index in [0.29, 0.717) is 0 Å². The third-order valence-corrected chi connectivity index (χ3v) is 7.58. The van der Waals surface area contributed by atoms with Crippen molar-refractivity contribution in [2.24, 2.45) is 0 Å². The normalized spacial score (nSPS) is 11.4. The summed E-state index contributed by atoms with van der Waals surface area (Å²) < 4.78 is 262. The van der Waals surface area contributed by atoms with Crippen molar-refractivity contribution in [1.82, 2.24) is 0 Å². The maximum atomic E-state index is 16.0. The predicted octanol–water partition coefficient (Wildman–Crippen LogP) is 4.36. The molecule has 0 aromatic heterocycles. The van der Waals surface area contributed by atoms with Gasteiger partial charge in [-0.05, 0) is 0 Å². The van der Waals surface area contributed by atoms with Crippen LogP contribution in [-0.4, -0.2) is 6.15 Å². The second kappa shape index (κ2) is 13.7. The van der Waals surface area contributed by atoms with Crippen molar-refractivity contribution in [3.63, 3.8) is 0 Å². The van der Waals surface area contributed by atoms with E-state index in [4.69, 9.17) is 0 Å². The fourth-order valence-electron chi connectivity index (χ4n) is 5.54. The molecule has 4 aromatic rings. The van der Waals surface area contributed by atoms with Crippen LogP contribution in [0.3, 0.4) is 0 Å². The van der Waals surface area contributed by atoms with Gasteiger partial charge in [-0.1, -0.05) is 38.0 Å². The van der Waals surface area contributed by atoms with E-state index in [1.54, 1.807) is 0 Å². The number of hydrogen-bond acceptors (Lipinski definition) is 0. The molecule has 0 saturated carbocycles. The van der Waals surface area contributed by atoms with Gasteiger partial charge in [0, 0.05) is 0 Å². The summed E-state index contributed by atoms with van der Waals surface area (Å²) in [5, 5.41) is 0. The SMILES string of the molecule is C=Cc1c(F)c(F)c([B-](c2c(F)c(F)c(F)c(F)c2F)(c2c(F)c(F)c(C=C)c(F)c2F)c2c(F)c(F)c(C=C)c(F)c2F)c(F)c1F.[Na+]. The summed E-state index contributed by atoms with van der Waals surface area (Å²) in [6, 6.07) is 0. The van der Waals surface area contributed by atoms with Crippen LogP contribution < -0.4 is 51.4 Å². The smallest absolute Gasteiger partial charge is 0.207 e. The summed E-state index contributed by atoms with van der Waals surface area (Å²) in [6.45, 7) is 8.33. The Kier molecular flexibility index (Phi) is 11.0. The van der Waals surface area contributed by atoms with E-state index in [1.807, 2.05) is 0 Å². The van der Waals surface area contributed by atoms with E-state index in [1.165, 1.54) is 0 Å². The zero-order chi connectivity index (χ0) is 36.5. The van der Waals surface area contributed by atoms with Gasteiger partial charge in [-0.2, -0.15) is 0 Å². The second-order valence-electron chi connectivity index (χ2n) is 9.71. The Morgan fingerprint density at radius 2 is 0.408 bits per heavy atom. The monoisotopic (exact) mass is 726 g/mol. The molecule has 0 nitrogen and oxygen atoms in total. The average molecular weight is 726 g/mol. The minimum absolute atomic E-state index is 0. The van der Waals surface area contributed by atoms with E-state index in [2.05, 4.69) is 19.7 Å². The van der Waals surface area contributed by atoms with Crippen LogP contribution >= 0.6 is 0 Å². The molecule has 0 spiro atoms. The number of rotatable bonds is 7. The fraction of sp³-hybridized carbons (Fsp3) is 0. The molecular weight excluding hydrogens is 717 g/mol. The van der Waals surface area contributed by atoms with Crippen molar-refractivity contribution in [1.29, 1.82) is 0 Å². The van der Waals surface area contributed by atoms with Crippen LogP contribution in [0, 0.1) is 98.9 Å². The molecule has 0 fully saturated rings. The molecule has 0 amide bonds. The van der Waals surface area contributed by atoms with Crippen LogP contribution in [-0.2, 0) is 0 Å². The minimum Gasteiger partial charge on any atom is -0.207 e. The summed E-state index contributed by atoms with van der Waals surface area (Å²) in [7, 11) is 0. The minimum atomic E-state index is -6.84. The van der Waals surface area contributed by atoms with Gasteiger partial charge in [0.15, 0.2) is 52.4 Å². The summed E-state index contributed by atoms with van der Waals surface area (Å²) in [5.74, 6) is -53.3. The first-order valence-electron chi connectivity index (χ1n) is 12.5. The largest absolute Gasteiger partial charge is 1.00 e. The average Bonchev–Trinajstić information content (AvgIpc) is 3.04. The van der Waals surface area contributed by atoms with Crippen LogP contribution in [0.25, 0.3) is 18.2 Å².